The molecule has 1 aliphatic heterocycles. The van der Waals surface area contributed by atoms with Crippen LogP contribution in [0.1, 0.15) is 18.4 Å². The Bertz CT molecular complexity index is 405. The number of fused-ring (bicyclic) bond motifs is 1. The number of esters is 1. The first-order valence-corrected chi connectivity index (χ1v) is 5.21. The number of ether oxygens (including phenoxy) is 1. The van der Waals surface area contributed by atoms with E-state index in [1.54, 1.807) is 24.3 Å². The zero-order chi connectivity index (χ0) is 11.4. The molecule has 1 aromatic rings. The largest absolute Gasteiger partial charge is 0.426 e. The van der Waals surface area contributed by atoms with Gasteiger partial charge < -0.3 is 4.74 Å². The van der Waals surface area contributed by atoms with Crippen molar-refractivity contribution in [3.63, 3.8) is 0 Å². The smallest absolute Gasteiger partial charge is 0.315 e. The number of hydrogen-bond donors (Lipinski definition) is 0. The van der Waals surface area contributed by atoms with Gasteiger partial charge in [0.1, 0.15) is 11.5 Å². The van der Waals surface area contributed by atoms with Crippen LogP contribution in [0.2, 0.25) is 0 Å². The summed E-state index contributed by atoms with van der Waals surface area (Å²) in [4.78, 5) is 22.9. The number of ketones is 1. The van der Waals surface area contributed by atoms with Gasteiger partial charge in [-0.15, -0.1) is 0 Å². The summed E-state index contributed by atoms with van der Waals surface area (Å²) in [5.74, 6) is 0.329. The summed E-state index contributed by atoms with van der Waals surface area (Å²) in [6, 6.07) is 7.15. The molecule has 0 atom stereocenters. The van der Waals surface area contributed by atoms with Crippen LogP contribution in [0.25, 0.3) is 0 Å². The number of allylic oxidation sites excluding steroid dienone is 1. The highest BCUT2D eigenvalue weighted by Gasteiger charge is 2.12. The van der Waals surface area contributed by atoms with Gasteiger partial charge in [-0.25, -0.2) is 0 Å². The van der Waals surface area contributed by atoms with Crippen LogP contribution in [-0.2, 0) is 16.0 Å². The molecule has 0 unspecified atom stereocenters. The van der Waals surface area contributed by atoms with Crippen molar-refractivity contribution in [2.75, 3.05) is 0 Å². The Balaban J connectivity index is 2.31. The number of Topliss-reactive ketones (excluding diaryl/α,β-unsaturated/α-hetero) is 1. The van der Waals surface area contributed by atoms with Gasteiger partial charge in [0, 0.05) is 18.4 Å². The third-order valence-electron chi connectivity index (χ3n) is 2.38. The molecular formula is C13H12O3. The molecule has 0 aliphatic carbocycles. The monoisotopic (exact) mass is 216 g/mol. The normalized spacial score (nSPS) is 18.5. The summed E-state index contributed by atoms with van der Waals surface area (Å²) in [7, 11) is 0. The van der Waals surface area contributed by atoms with E-state index in [2.05, 4.69) is 0 Å². The number of para-hydroxylation sites is 1. The number of hydrogen-bond acceptors (Lipinski definition) is 3. The van der Waals surface area contributed by atoms with Gasteiger partial charge in [0.05, 0.1) is 6.42 Å². The minimum Gasteiger partial charge on any atom is -0.426 e. The molecule has 3 nitrogen and oxygen atoms in total. The predicted molar refractivity (Wildman–Crippen MR) is 59.2 cm³/mol. The van der Waals surface area contributed by atoms with E-state index in [1.165, 1.54) is 0 Å². The Hall–Kier alpha value is -1.90. The summed E-state index contributed by atoms with van der Waals surface area (Å²) in [6.45, 7) is 0. The highest BCUT2D eigenvalue weighted by atomic mass is 16.5. The molecule has 0 fully saturated rings. The lowest BCUT2D eigenvalue weighted by molar-refractivity contribution is -0.133. The van der Waals surface area contributed by atoms with Gasteiger partial charge in [-0.2, -0.15) is 0 Å². The Kier molecular flexibility index (Phi) is 3.15. The molecule has 2 rings (SSSR count). The van der Waals surface area contributed by atoms with Crippen LogP contribution in [0, 0.1) is 0 Å². The zero-order valence-corrected chi connectivity index (χ0v) is 8.81. The Morgan fingerprint density at radius 2 is 1.75 bits per heavy atom. The zero-order valence-electron chi connectivity index (χ0n) is 8.81. The highest BCUT2D eigenvalue weighted by Crippen LogP contribution is 2.20. The van der Waals surface area contributed by atoms with Gasteiger partial charge in [-0.1, -0.05) is 30.4 Å². The summed E-state index contributed by atoms with van der Waals surface area (Å²) < 4.78 is 5.18. The van der Waals surface area contributed by atoms with Gasteiger partial charge in [0.2, 0.25) is 0 Å². The van der Waals surface area contributed by atoms with Gasteiger partial charge in [0.15, 0.2) is 0 Å². The molecule has 0 saturated carbocycles. The van der Waals surface area contributed by atoms with Crippen LogP contribution in [0.5, 0.6) is 5.75 Å². The number of rotatable bonds is 0. The minimum atomic E-state index is -0.293. The van der Waals surface area contributed by atoms with Crippen molar-refractivity contribution in [2.24, 2.45) is 0 Å². The lowest BCUT2D eigenvalue weighted by atomic mass is 10.1. The van der Waals surface area contributed by atoms with E-state index >= 15 is 0 Å². The number of benzene rings is 1. The summed E-state index contributed by atoms with van der Waals surface area (Å²) in [6.07, 6.45) is 4.29. The van der Waals surface area contributed by atoms with E-state index in [0.717, 1.165) is 5.56 Å². The summed E-state index contributed by atoms with van der Waals surface area (Å²) >= 11 is 0. The Morgan fingerprint density at radius 3 is 2.62 bits per heavy atom. The second-order valence-corrected chi connectivity index (χ2v) is 3.68. The molecule has 1 aromatic carbocycles. The molecule has 1 aliphatic rings. The molecule has 0 N–H and O–H groups in total. The van der Waals surface area contributed by atoms with E-state index < -0.39 is 0 Å². The fraction of sp³-hybridized carbons (Fsp3) is 0.231. The Labute approximate surface area is 93.7 Å². The number of carbonyl (C=O) groups excluding carboxylic acids is 2. The van der Waals surface area contributed by atoms with Gasteiger partial charge >= 0.3 is 5.97 Å². The third-order valence-corrected chi connectivity index (χ3v) is 2.38. The molecule has 0 spiro atoms. The lowest BCUT2D eigenvalue weighted by Crippen LogP contribution is -2.11. The SMILES string of the molecule is O=C1C/C=C\CC(=O)Oc2ccccc2C1. The van der Waals surface area contributed by atoms with E-state index in [9.17, 15) is 9.59 Å². The standard InChI is InChI=1S/C13H12O3/c14-11-6-2-4-8-13(15)16-12-7-3-1-5-10(12)9-11/h1-5,7H,6,8-9H2/b4-2-. The van der Waals surface area contributed by atoms with Crippen LogP contribution >= 0.6 is 0 Å². The second-order valence-electron chi connectivity index (χ2n) is 3.68. The van der Waals surface area contributed by atoms with Crippen LogP contribution in [0.3, 0.4) is 0 Å². The molecule has 3 heteroatoms. The van der Waals surface area contributed by atoms with Gasteiger partial charge in [0.25, 0.3) is 0 Å². The maximum absolute atomic E-state index is 11.6. The van der Waals surface area contributed by atoms with Crippen LogP contribution in [0.4, 0.5) is 0 Å². The van der Waals surface area contributed by atoms with E-state index in [0.29, 0.717) is 18.6 Å². The van der Waals surface area contributed by atoms with Crippen molar-refractivity contribution < 1.29 is 14.3 Å². The maximum Gasteiger partial charge on any atom is 0.315 e. The van der Waals surface area contributed by atoms with Crippen molar-refractivity contribution in [3.8, 4) is 5.75 Å². The molecule has 0 aromatic heterocycles. The van der Waals surface area contributed by atoms with Crippen molar-refractivity contribution in [1.29, 1.82) is 0 Å². The van der Waals surface area contributed by atoms with Gasteiger partial charge in [-0.05, 0) is 6.07 Å². The summed E-state index contributed by atoms with van der Waals surface area (Å²) in [5.41, 5.74) is 0.774. The number of carbonyl (C=O) groups is 2. The maximum atomic E-state index is 11.6. The van der Waals surface area contributed by atoms with Crippen LogP contribution in [-0.4, -0.2) is 11.8 Å². The van der Waals surface area contributed by atoms with Crippen LogP contribution < -0.4 is 4.74 Å². The topological polar surface area (TPSA) is 43.4 Å². The first-order chi connectivity index (χ1) is 7.75. The first-order valence-electron chi connectivity index (χ1n) is 5.21. The average molecular weight is 216 g/mol. The fourth-order valence-electron chi connectivity index (χ4n) is 1.59. The molecular weight excluding hydrogens is 204 g/mol. The molecule has 0 bridgehead atoms. The highest BCUT2D eigenvalue weighted by molar-refractivity contribution is 5.84. The van der Waals surface area contributed by atoms with E-state index in [-0.39, 0.29) is 18.2 Å². The summed E-state index contributed by atoms with van der Waals surface area (Å²) in [5, 5.41) is 0. The molecule has 0 saturated heterocycles. The van der Waals surface area contributed by atoms with Gasteiger partial charge in [-0.3, -0.25) is 9.59 Å². The third kappa shape index (κ3) is 2.57. The van der Waals surface area contributed by atoms with E-state index in [4.69, 9.17) is 4.74 Å². The minimum absolute atomic E-state index is 0.127. The predicted octanol–water partition coefficient (Wildman–Crippen LogP) is 2.05. The van der Waals surface area contributed by atoms with Crippen molar-refractivity contribution in [1.82, 2.24) is 0 Å². The first kappa shape index (κ1) is 10.6. The molecule has 82 valence electrons. The Morgan fingerprint density at radius 1 is 1.00 bits per heavy atom. The van der Waals surface area contributed by atoms with Crippen molar-refractivity contribution in [3.05, 3.63) is 42.0 Å². The van der Waals surface area contributed by atoms with Crippen molar-refractivity contribution >= 4 is 11.8 Å². The van der Waals surface area contributed by atoms with Crippen LogP contribution in [0.15, 0.2) is 36.4 Å². The van der Waals surface area contributed by atoms with Crippen molar-refractivity contribution in [2.45, 2.75) is 19.3 Å². The van der Waals surface area contributed by atoms with E-state index in [1.807, 2.05) is 12.1 Å². The molecule has 0 amide bonds. The molecule has 1 heterocycles. The quantitative estimate of drug-likeness (QED) is 0.378. The fourth-order valence-corrected chi connectivity index (χ4v) is 1.59. The molecule has 16 heavy (non-hydrogen) atoms. The lowest BCUT2D eigenvalue weighted by Gasteiger charge is -2.09. The molecule has 0 radical (unpaired) electrons. The average Bonchev–Trinajstić information content (AvgIpc) is 2.27. The second kappa shape index (κ2) is 4.75.